The zero-order valence-corrected chi connectivity index (χ0v) is 12.2. The van der Waals surface area contributed by atoms with Crippen molar-refractivity contribution in [3.8, 4) is 5.75 Å². The fourth-order valence-corrected chi connectivity index (χ4v) is 1.85. The molecule has 5 nitrogen and oxygen atoms in total. The number of carbonyl (C=O) groups is 2. The number of hydrogen-bond donors (Lipinski definition) is 2. The second-order valence-corrected chi connectivity index (χ2v) is 5.07. The number of amides is 1. The first-order chi connectivity index (χ1) is 9.36. The number of carbonyl (C=O) groups excluding carboxylic acids is 1. The lowest BCUT2D eigenvalue weighted by Gasteiger charge is -2.21. The minimum Gasteiger partial charge on any atom is -0.497 e. The molecule has 0 aliphatic carbocycles. The number of ether oxygens (including phenoxy) is 1. The van der Waals surface area contributed by atoms with E-state index in [0.29, 0.717) is 5.75 Å². The van der Waals surface area contributed by atoms with Gasteiger partial charge in [0, 0.05) is 0 Å². The summed E-state index contributed by atoms with van der Waals surface area (Å²) in [5.74, 6) is -1.27. The normalized spacial score (nSPS) is 13.7. The molecule has 5 heteroatoms. The molecule has 0 aromatic heterocycles. The van der Waals surface area contributed by atoms with Crippen LogP contribution in [0.15, 0.2) is 24.3 Å². The molecule has 2 atom stereocenters. The zero-order valence-electron chi connectivity index (χ0n) is 12.2. The molecule has 0 radical (unpaired) electrons. The average Bonchev–Trinajstić information content (AvgIpc) is 2.42. The van der Waals surface area contributed by atoms with E-state index in [0.717, 1.165) is 5.56 Å². The number of hydrogen-bond acceptors (Lipinski definition) is 3. The molecule has 0 fully saturated rings. The lowest BCUT2D eigenvalue weighted by atomic mass is 9.98. The predicted molar refractivity (Wildman–Crippen MR) is 75.8 cm³/mol. The number of benzene rings is 1. The lowest BCUT2D eigenvalue weighted by molar-refractivity contribution is -0.143. The van der Waals surface area contributed by atoms with Gasteiger partial charge in [-0.15, -0.1) is 0 Å². The number of nitrogens with one attached hydrogen (secondary N) is 1. The van der Waals surface area contributed by atoms with Crippen molar-refractivity contribution >= 4 is 11.9 Å². The standard InChI is InChI=1S/C15H21NO4/c1-9(2)13(15(18)19)16-14(17)10(3)11-6-5-7-12(8-11)20-4/h5-10,13H,1-4H3,(H,16,17)(H,18,19). The Balaban J connectivity index is 2.82. The highest BCUT2D eigenvalue weighted by Crippen LogP contribution is 2.21. The SMILES string of the molecule is COc1cccc(C(C)C(=O)NC(C(=O)O)C(C)C)c1. The minimum atomic E-state index is -1.02. The second kappa shape index (κ2) is 6.93. The minimum absolute atomic E-state index is 0.172. The largest absolute Gasteiger partial charge is 0.497 e. The number of methoxy groups -OCH3 is 1. The van der Waals surface area contributed by atoms with Crippen molar-refractivity contribution < 1.29 is 19.4 Å². The molecule has 0 spiro atoms. The molecule has 1 rings (SSSR count). The van der Waals surface area contributed by atoms with Crippen LogP contribution < -0.4 is 10.1 Å². The van der Waals surface area contributed by atoms with E-state index < -0.39 is 17.9 Å². The second-order valence-electron chi connectivity index (χ2n) is 5.07. The molecule has 2 N–H and O–H groups in total. The third-order valence-electron chi connectivity index (χ3n) is 3.22. The molecule has 0 aliphatic heterocycles. The highest BCUT2D eigenvalue weighted by Gasteiger charge is 2.26. The molecule has 110 valence electrons. The van der Waals surface area contributed by atoms with Crippen molar-refractivity contribution in [3.05, 3.63) is 29.8 Å². The van der Waals surface area contributed by atoms with Gasteiger partial charge in [0.15, 0.2) is 0 Å². The Labute approximate surface area is 118 Å². The van der Waals surface area contributed by atoms with Gasteiger partial charge in [-0.3, -0.25) is 4.79 Å². The third kappa shape index (κ3) is 3.98. The summed E-state index contributed by atoms with van der Waals surface area (Å²) in [5, 5.41) is 11.7. The van der Waals surface area contributed by atoms with Gasteiger partial charge in [-0.25, -0.2) is 4.79 Å². The van der Waals surface area contributed by atoms with Gasteiger partial charge in [-0.1, -0.05) is 26.0 Å². The Morgan fingerprint density at radius 2 is 1.90 bits per heavy atom. The summed E-state index contributed by atoms with van der Waals surface area (Å²) in [6, 6.07) is 6.31. The maximum Gasteiger partial charge on any atom is 0.326 e. The van der Waals surface area contributed by atoms with Crippen LogP contribution in [0, 0.1) is 5.92 Å². The van der Waals surface area contributed by atoms with Gasteiger partial charge in [0.1, 0.15) is 11.8 Å². The highest BCUT2D eigenvalue weighted by molar-refractivity contribution is 5.88. The molecule has 20 heavy (non-hydrogen) atoms. The first-order valence-electron chi connectivity index (χ1n) is 6.54. The predicted octanol–water partition coefficient (Wildman–Crippen LogP) is 2.02. The summed E-state index contributed by atoms with van der Waals surface area (Å²) < 4.78 is 5.12. The maximum atomic E-state index is 12.1. The lowest BCUT2D eigenvalue weighted by Crippen LogP contribution is -2.45. The summed E-state index contributed by atoms with van der Waals surface area (Å²) >= 11 is 0. The molecule has 0 saturated carbocycles. The van der Waals surface area contributed by atoms with Crippen LogP contribution in [-0.2, 0) is 9.59 Å². The van der Waals surface area contributed by atoms with E-state index in [1.807, 2.05) is 6.07 Å². The molecular weight excluding hydrogens is 258 g/mol. The van der Waals surface area contributed by atoms with Gasteiger partial charge in [-0.2, -0.15) is 0 Å². The van der Waals surface area contributed by atoms with Crippen molar-refractivity contribution in [1.82, 2.24) is 5.32 Å². The highest BCUT2D eigenvalue weighted by atomic mass is 16.5. The molecule has 0 bridgehead atoms. The molecule has 0 aliphatic rings. The van der Waals surface area contributed by atoms with Crippen LogP contribution in [0.4, 0.5) is 0 Å². The molecule has 2 unspecified atom stereocenters. The summed E-state index contributed by atoms with van der Waals surface area (Å²) in [5.41, 5.74) is 0.787. The van der Waals surface area contributed by atoms with Gasteiger partial charge < -0.3 is 15.2 Å². The molecule has 0 saturated heterocycles. The number of carboxylic acid groups (broad SMARTS) is 1. The first-order valence-corrected chi connectivity index (χ1v) is 6.54. The topological polar surface area (TPSA) is 75.6 Å². The number of carboxylic acids is 1. The van der Waals surface area contributed by atoms with Crippen molar-refractivity contribution in [3.63, 3.8) is 0 Å². The monoisotopic (exact) mass is 279 g/mol. The van der Waals surface area contributed by atoms with E-state index >= 15 is 0 Å². The van der Waals surface area contributed by atoms with E-state index in [4.69, 9.17) is 9.84 Å². The van der Waals surface area contributed by atoms with Crippen LogP contribution >= 0.6 is 0 Å². The summed E-state index contributed by atoms with van der Waals surface area (Å²) in [6.07, 6.45) is 0. The van der Waals surface area contributed by atoms with Gasteiger partial charge in [0.25, 0.3) is 0 Å². The molecule has 1 aromatic rings. The quantitative estimate of drug-likeness (QED) is 0.835. The van der Waals surface area contributed by atoms with Gasteiger partial charge in [0.2, 0.25) is 5.91 Å². The molecular formula is C15H21NO4. The Morgan fingerprint density at radius 3 is 2.40 bits per heavy atom. The van der Waals surface area contributed by atoms with Gasteiger partial charge >= 0.3 is 5.97 Å². The Bertz CT molecular complexity index is 485. The fourth-order valence-electron chi connectivity index (χ4n) is 1.85. The third-order valence-corrected chi connectivity index (χ3v) is 3.22. The van der Waals surface area contributed by atoms with E-state index in [1.165, 1.54) is 0 Å². The molecule has 0 heterocycles. The summed E-state index contributed by atoms with van der Waals surface area (Å²) in [6.45, 7) is 5.26. The zero-order chi connectivity index (χ0) is 15.3. The Hall–Kier alpha value is -2.04. The maximum absolute atomic E-state index is 12.1. The van der Waals surface area contributed by atoms with Crippen LogP contribution in [0.2, 0.25) is 0 Å². The van der Waals surface area contributed by atoms with E-state index in [1.54, 1.807) is 46.1 Å². The van der Waals surface area contributed by atoms with Gasteiger partial charge in [0.05, 0.1) is 13.0 Å². The fraction of sp³-hybridized carbons (Fsp3) is 0.467. The summed E-state index contributed by atoms with van der Waals surface area (Å²) in [7, 11) is 1.56. The van der Waals surface area contributed by atoms with E-state index in [9.17, 15) is 9.59 Å². The van der Waals surface area contributed by atoms with Crippen LogP contribution in [0.5, 0.6) is 5.75 Å². The van der Waals surface area contributed by atoms with Crippen LogP contribution in [0.3, 0.4) is 0 Å². The number of rotatable bonds is 6. The van der Waals surface area contributed by atoms with E-state index in [-0.39, 0.29) is 11.8 Å². The summed E-state index contributed by atoms with van der Waals surface area (Å²) in [4.78, 5) is 23.2. The van der Waals surface area contributed by atoms with Crippen molar-refractivity contribution in [2.24, 2.45) is 5.92 Å². The average molecular weight is 279 g/mol. The van der Waals surface area contributed by atoms with Crippen molar-refractivity contribution in [2.75, 3.05) is 7.11 Å². The Kier molecular flexibility index (Phi) is 5.55. The first kappa shape index (κ1) is 16.0. The Morgan fingerprint density at radius 1 is 1.25 bits per heavy atom. The van der Waals surface area contributed by atoms with E-state index in [2.05, 4.69) is 5.32 Å². The van der Waals surface area contributed by atoms with Crippen LogP contribution in [0.25, 0.3) is 0 Å². The van der Waals surface area contributed by atoms with Gasteiger partial charge in [-0.05, 0) is 30.5 Å². The van der Waals surface area contributed by atoms with Crippen molar-refractivity contribution in [2.45, 2.75) is 32.7 Å². The molecule has 1 aromatic carbocycles. The van der Waals surface area contributed by atoms with Crippen molar-refractivity contribution in [1.29, 1.82) is 0 Å². The molecule has 1 amide bonds. The smallest absolute Gasteiger partial charge is 0.326 e. The number of aliphatic carboxylic acids is 1. The van der Waals surface area contributed by atoms with Crippen LogP contribution in [-0.4, -0.2) is 30.1 Å². The van der Waals surface area contributed by atoms with Crippen LogP contribution in [0.1, 0.15) is 32.3 Å².